The van der Waals surface area contributed by atoms with E-state index in [1.165, 1.54) is 0 Å². The summed E-state index contributed by atoms with van der Waals surface area (Å²) in [4.78, 5) is 10.9. The zero-order chi connectivity index (χ0) is 12.2. The predicted octanol–water partition coefficient (Wildman–Crippen LogP) is 1.46. The molecular weight excluding hydrogens is 223 g/mol. The molecule has 0 aromatic carbocycles. The number of aliphatic hydroxyl groups is 1. The van der Waals surface area contributed by atoms with Crippen molar-refractivity contribution < 1.29 is 23.1 Å². The van der Waals surface area contributed by atoms with Crippen molar-refractivity contribution in [3.63, 3.8) is 0 Å². The van der Waals surface area contributed by atoms with Crippen LogP contribution in [0.2, 0.25) is 0 Å². The number of amides is 1. The van der Waals surface area contributed by atoms with Gasteiger partial charge in [-0.3, -0.25) is 4.79 Å². The van der Waals surface area contributed by atoms with E-state index in [1.54, 1.807) is 0 Å². The third-order valence-corrected chi connectivity index (χ3v) is 2.97. The minimum absolute atomic E-state index is 0.0415. The van der Waals surface area contributed by atoms with Crippen LogP contribution in [0.5, 0.6) is 0 Å². The minimum Gasteiger partial charge on any atom is -0.396 e. The zero-order valence-corrected chi connectivity index (χ0v) is 8.89. The molecule has 0 heterocycles. The van der Waals surface area contributed by atoms with E-state index in [0.29, 0.717) is 0 Å². The Labute approximate surface area is 92.0 Å². The van der Waals surface area contributed by atoms with Crippen LogP contribution >= 0.6 is 0 Å². The van der Waals surface area contributed by atoms with Crippen molar-refractivity contribution in [2.24, 2.45) is 11.8 Å². The summed E-state index contributed by atoms with van der Waals surface area (Å²) in [5, 5.41) is 11.3. The predicted molar refractivity (Wildman–Crippen MR) is 51.6 cm³/mol. The van der Waals surface area contributed by atoms with E-state index < -0.39 is 18.5 Å². The normalized spacial score (nSPS) is 25.8. The van der Waals surface area contributed by atoms with Crippen LogP contribution in [-0.2, 0) is 4.79 Å². The summed E-state index contributed by atoms with van der Waals surface area (Å²) in [6.45, 7) is 0.278. The van der Waals surface area contributed by atoms with Crippen LogP contribution < -0.4 is 5.32 Å². The number of carbonyl (C=O) groups excluding carboxylic acids is 1. The van der Waals surface area contributed by atoms with Gasteiger partial charge in [-0.25, -0.2) is 0 Å². The second-order valence-corrected chi connectivity index (χ2v) is 4.23. The van der Waals surface area contributed by atoms with Crippen molar-refractivity contribution in [1.82, 2.24) is 5.32 Å². The van der Waals surface area contributed by atoms with Crippen LogP contribution in [0.4, 0.5) is 13.2 Å². The van der Waals surface area contributed by atoms with Gasteiger partial charge >= 0.3 is 6.18 Å². The molecule has 0 radical (unpaired) electrons. The molecule has 1 fully saturated rings. The maximum Gasteiger partial charge on any atom is 0.397 e. The Bertz CT molecular complexity index is 243. The molecule has 16 heavy (non-hydrogen) atoms. The molecule has 0 aromatic rings. The summed E-state index contributed by atoms with van der Waals surface area (Å²) >= 11 is 0. The van der Waals surface area contributed by atoms with Crippen LogP contribution in [0.15, 0.2) is 0 Å². The Kier molecular flexibility index (Phi) is 4.58. The molecule has 6 heteroatoms. The Hall–Kier alpha value is -0.780. The first-order chi connectivity index (χ1) is 7.42. The topological polar surface area (TPSA) is 49.3 Å². The van der Waals surface area contributed by atoms with E-state index in [-0.39, 0.29) is 25.0 Å². The van der Waals surface area contributed by atoms with E-state index in [1.807, 2.05) is 0 Å². The number of aliphatic hydroxyl groups excluding tert-OH is 1. The number of carbonyl (C=O) groups is 1. The molecule has 3 nitrogen and oxygen atoms in total. The molecule has 0 aliphatic heterocycles. The molecule has 2 atom stereocenters. The van der Waals surface area contributed by atoms with Crippen LogP contribution in [0.3, 0.4) is 0 Å². The van der Waals surface area contributed by atoms with Gasteiger partial charge in [-0.2, -0.15) is 13.2 Å². The summed E-state index contributed by atoms with van der Waals surface area (Å²) in [5.41, 5.74) is 0. The average molecular weight is 239 g/mol. The van der Waals surface area contributed by atoms with Crippen LogP contribution in [0, 0.1) is 11.8 Å². The van der Waals surface area contributed by atoms with E-state index in [0.717, 1.165) is 19.3 Å². The van der Waals surface area contributed by atoms with Crippen molar-refractivity contribution >= 4 is 5.91 Å². The molecule has 2 unspecified atom stereocenters. The maximum atomic E-state index is 11.8. The molecule has 1 rings (SSSR count). The second kappa shape index (κ2) is 5.52. The highest BCUT2D eigenvalue weighted by Crippen LogP contribution is 2.30. The number of rotatable bonds is 4. The van der Waals surface area contributed by atoms with E-state index in [4.69, 9.17) is 5.11 Å². The molecule has 1 aliphatic rings. The molecule has 0 bridgehead atoms. The average Bonchev–Trinajstić information content (AvgIpc) is 2.59. The number of hydrogen-bond acceptors (Lipinski definition) is 2. The molecule has 1 saturated carbocycles. The molecule has 94 valence electrons. The largest absolute Gasteiger partial charge is 0.397 e. The molecule has 1 aliphatic carbocycles. The van der Waals surface area contributed by atoms with Gasteiger partial charge in [0.2, 0.25) is 5.91 Å². The van der Waals surface area contributed by atoms with Gasteiger partial charge in [-0.05, 0) is 24.7 Å². The highest BCUT2D eigenvalue weighted by molar-refractivity contribution is 5.76. The lowest BCUT2D eigenvalue weighted by Gasteiger charge is -2.18. The number of hydrogen-bond donors (Lipinski definition) is 2. The van der Waals surface area contributed by atoms with Crippen LogP contribution in [0.25, 0.3) is 0 Å². The lowest BCUT2D eigenvalue weighted by molar-refractivity contribution is -0.153. The first-order valence-corrected chi connectivity index (χ1v) is 5.36. The molecule has 2 N–H and O–H groups in total. The molecular formula is C10H16F3NO2. The lowest BCUT2D eigenvalue weighted by atomic mass is 9.97. The smallest absolute Gasteiger partial charge is 0.396 e. The third kappa shape index (κ3) is 4.38. The number of alkyl halides is 3. The summed E-state index contributed by atoms with van der Waals surface area (Å²) in [6, 6.07) is 0. The third-order valence-electron chi connectivity index (χ3n) is 2.97. The number of nitrogens with one attached hydrogen (secondary N) is 1. The summed E-state index contributed by atoms with van der Waals surface area (Å²) < 4.78 is 35.5. The van der Waals surface area contributed by atoms with E-state index in [2.05, 4.69) is 5.32 Å². The summed E-state index contributed by atoms with van der Waals surface area (Å²) in [7, 11) is 0. The molecule has 0 spiro atoms. The van der Waals surface area contributed by atoms with Gasteiger partial charge in [0.15, 0.2) is 0 Å². The van der Waals surface area contributed by atoms with Gasteiger partial charge in [0.25, 0.3) is 0 Å². The molecule has 0 saturated heterocycles. The Morgan fingerprint density at radius 1 is 1.31 bits per heavy atom. The summed E-state index contributed by atoms with van der Waals surface area (Å²) in [5.74, 6) is -0.760. The Morgan fingerprint density at radius 3 is 2.50 bits per heavy atom. The molecule has 1 amide bonds. The highest BCUT2D eigenvalue weighted by Gasteiger charge is 2.32. The van der Waals surface area contributed by atoms with Gasteiger partial charge in [-0.15, -0.1) is 0 Å². The molecule has 0 aromatic heterocycles. The van der Waals surface area contributed by atoms with Crippen molar-refractivity contribution in [2.75, 3.05) is 13.2 Å². The zero-order valence-electron chi connectivity index (χ0n) is 8.89. The standard InChI is InChI=1S/C10H16F3NO2/c11-10(12,13)4-9(16)14-5-7-2-1-3-8(7)6-15/h7-8,15H,1-6H2,(H,14,16). The van der Waals surface area contributed by atoms with Crippen LogP contribution in [-0.4, -0.2) is 30.3 Å². The van der Waals surface area contributed by atoms with Crippen molar-refractivity contribution in [3.05, 3.63) is 0 Å². The maximum absolute atomic E-state index is 11.8. The van der Waals surface area contributed by atoms with E-state index in [9.17, 15) is 18.0 Å². The number of halogens is 3. The van der Waals surface area contributed by atoms with Crippen molar-refractivity contribution in [2.45, 2.75) is 31.9 Å². The fraction of sp³-hybridized carbons (Fsp3) is 0.900. The SMILES string of the molecule is O=C(CC(F)(F)F)NCC1CCCC1CO. The fourth-order valence-corrected chi connectivity index (χ4v) is 2.11. The monoisotopic (exact) mass is 239 g/mol. The van der Waals surface area contributed by atoms with Crippen molar-refractivity contribution in [3.8, 4) is 0 Å². The Morgan fingerprint density at radius 2 is 1.94 bits per heavy atom. The van der Waals surface area contributed by atoms with Crippen molar-refractivity contribution in [1.29, 1.82) is 0 Å². The highest BCUT2D eigenvalue weighted by atomic mass is 19.4. The van der Waals surface area contributed by atoms with Gasteiger partial charge in [-0.1, -0.05) is 6.42 Å². The fourth-order valence-electron chi connectivity index (χ4n) is 2.11. The lowest BCUT2D eigenvalue weighted by Crippen LogP contribution is -2.34. The van der Waals surface area contributed by atoms with E-state index >= 15 is 0 Å². The van der Waals surface area contributed by atoms with Gasteiger partial charge in [0.05, 0.1) is 0 Å². The quantitative estimate of drug-likeness (QED) is 0.780. The van der Waals surface area contributed by atoms with Gasteiger partial charge in [0, 0.05) is 13.2 Å². The second-order valence-electron chi connectivity index (χ2n) is 4.23. The van der Waals surface area contributed by atoms with Gasteiger partial charge < -0.3 is 10.4 Å². The first-order valence-electron chi connectivity index (χ1n) is 5.36. The Balaban J connectivity index is 2.26. The summed E-state index contributed by atoms with van der Waals surface area (Å²) in [6.07, 6.45) is -3.17. The van der Waals surface area contributed by atoms with Gasteiger partial charge in [0.1, 0.15) is 6.42 Å². The minimum atomic E-state index is -4.45. The van der Waals surface area contributed by atoms with Crippen LogP contribution in [0.1, 0.15) is 25.7 Å². The first kappa shape index (κ1) is 13.3.